The van der Waals surface area contributed by atoms with Gasteiger partial charge in [-0.2, -0.15) is 5.50 Å². The standard InChI is InChI=1S/C24H24N3P2/c25-28(21-13-5-1-6-14-21,22-15-7-2-8-16-22)27-29(26,23-17-9-3-10-18-23)24-19-11-4-12-20-24/h1-20H,25-26H2/q+1. The Labute approximate surface area is 173 Å². The van der Waals surface area contributed by atoms with Crippen LogP contribution in [0.4, 0.5) is 0 Å². The normalized spacial score (nSPS) is 11.8. The quantitative estimate of drug-likeness (QED) is 0.480. The van der Waals surface area contributed by atoms with Gasteiger partial charge < -0.3 is 0 Å². The van der Waals surface area contributed by atoms with Gasteiger partial charge in [0.1, 0.15) is 17.8 Å². The summed E-state index contributed by atoms with van der Waals surface area (Å²) in [6.07, 6.45) is 0. The Kier molecular flexibility index (Phi) is 5.76. The zero-order chi connectivity index (χ0) is 20.2. The molecule has 0 unspecified atom stereocenters. The smallest absolute Gasteiger partial charge is 0.262 e. The minimum absolute atomic E-state index is 1.02. The molecule has 0 radical (unpaired) electrons. The summed E-state index contributed by atoms with van der Waals surface area (Å²) in [5.41, 5.74) is 14.4. The van der Waals surface area contributed by atoms with Crippen molar-refractivity contribution in [2.24, 2.45) is 15.5 Å². The van der Waals surface area contributed by atoms with Crippen molar-refractivity contribution in [2.45, 2.75) is 0 Å². The van der Waals surface area contributed by atoms with Crippen LogP contribution < -0.4 is 32.2 Å². The molecule has 0 atom stereocenters. The van der Waals surface area contributed by atoms with E-state index in [1.54, 1.807) is 0 Å². The van der Waals surface area contributed by atoms with E-state index in [9.17, 15) is 0 Å². The monoisotopic (exact) mass is 416 g/mol. The van der Waals surface area contributed by atoms with Crippen LogP contribution in [0.1, 0.15) is 0 Å². The second kappa shape index (κ2) is 8.45. The predicted octanol–water partition coefficient (Wildman–Crippen LogP) is 4.17. The lowest BCUT2D eigenvalue weighted by molar-refractivity contribution is 1.63. The van der Waals surface area contributed by atoms with Gasteiger partial charge >= 0.3 is 0 Å². The van der Waals surface area contributed by atoms with Gasteiger partial charge in [-0.1, -0.05) is 102 Å². The number of hydrogen-bond acceptors (Lipinski definition) is 2. The molecule has 0 saturated carbocycles. The number of hydrogen-bond donors (Lipinski definition) is 2. The number of nitrogens with zero attached hydrogens (tertiary/aromatic N) is 1. The average Bonchev–Trinajstić information content (AvgIpc) is 2.81. The predicted molar refractivity (Wildman–Crippen MR) is 129 cm³/mol. The van der Waals surface area contributed by atoms with E-state index in [-0.39, 0.29) is 0 Å². The first-order valence-corrected chi connectivity index (χ1v) is 13.1. The second-order valence-electron chi connectivity index (χ2n) is 6.80. The van der Waals surface area contributed by atoms with Gasteiger partial charge in [0, 0.05) is 10.6 Å². The van der Waals surface area contributed by atoms with Gasteiger partial charge in [0.15, 0.2) is 0 Å². The van der Waals surface area contributed by atoms with Crippen LogP contribution >= 0.6 is 14.8 Å². The van der Waals surface area contributed by atoms with Crippen LogP contribution in [0, 0.1) is 0 Å². The fourth-order valence-electron chi connectivity index (χ4n) is 3.35. The van der Waals surface area contributed by atoms with Crippen molar-refractivity contribution in [1.29, 1.82) is 0 Å². The minimum Gasteiger partial charge on any atom is -0.287 e. The second-order valence-corrected chi connectivity index (χ2v) is 12.3. The summed E-state index contributed by atoms with van der Waals surface area (Å²) < 4.78 is 5.40. The topological polar surface area (TPSA) is 64.4 Å². The first-order valence-electron chi connectivity index (χ1n) is 9.45. The highest BCUT2D eigenvalue weighted by Crippen LogP contribution is 2.59. The Morgan fingerprint density at radius 2 is 0.828 bits per heavy atom. The van der Waals surface area contributed by atoms with Crippen LogP contribution in [0.15, 0.2) is 126 Å². The van der Waals surface area contributed by atoms with E-state index in [4.69, 9.17) is 15.5 Å². The Balaban J connectivity index is 2.05. The third-order valence-electron chi connectivity index (χ3n) is 4.88. The SMILES string of the molecule is NP(=N[P+](N)(c1ccccc1)c1ccccc1)(c1ccccc1)c1ccccc1. The van der Waals surface area contributed by atoms with Crippen molar-refractivity contribution in [3.8, 4) is 0 Å². The Morgan fingerprint density at radius 1 is 0.517 bits per heavy atom. The molecule has 3 nitrogen and oxygen atoms in total. The number of rotatable bonds is 5. The molecule has 144 valence electrons. The lowest BCUT2D eigenvalue weighted by Gasteiger charge is -2.25. The highest BCUT2D eigenvalue weighted by Gasteiger charge is 2.42. The van der Waals surface area contributed by atoms with Crippen LogP contribution in [0.25, 0.3) is 0 Å². The van der Waals surface area contributed by atoms with Gasteiger partial charge in [0.25, 0.3) is 7.56 Å². The molecule has 0 amide bonds. The van der Waals surface area contributed by atoms with Crippen LogP contribution in [0.2, 0.25) is 0 Å². The molecule has 0 aliphatic rings. The van der Waals surface area contributed by atoms with Gasteiger partial charge in [-0.3, -0.25) is 5.50 Å². The summed E-state index contributed by atoms with van der Waals surface area (Å²) in [7, 11) is -5.15. The number of benzene rings is 4. The lowest BCUT2D eigenvalue weighted by atomic mass is 10.4. The first-order chi connectivity index (χ1) is 14.1. The van der Waals surface area contributed by atoms with Crippen LogP contribution in [0.3, 0.4) is 0 Å². The maximum Gasteiger partial charge on any atom is 0.262 e. The van der Waals surface area contributed by atoms with E-state index in [0.29, 0.717) is 0 Å². The van der Waals surface area contributed by atoms with Crippen molar-refractivity contribution in [2.75, 3.05) is 0 Å². The highest BCUT2D eigenvalue weighted by molar-refractivity contribution is 7.93. The van der Waals surface area contributed by atoms with Crippen molar-refractivity contribution in [3.05, 3.63) is 121 Å². The van der Waals surface area contributed by atoms with E-state index in [2.05, 4.69) is 48.5 Å². The number of nitrogens with two attached hydrogens (primary N) is 2. The largest absolute Gasteiger partial charge is 0.287 e. The van der Waals surface area contributed by atoms with E-state index < -0.39 is 14.8 Å². The van der Waals surface area contributed by atoms with E-state index in [1.807, 2.05) is 72.8 Å². The molecule has 0 aliphatic heterocycles. The van der Waals surface area contributed by atoms with Crippen LogP contribution in [-0.2, 0) is 0 Å². The molecular formula is C24H24N3P2+. The first kappa shape index (κ1) is 19.8. The highest BCUT2D eigenvalue weighted by atomic mass is 31.2. The third-order valence-corrected chi connectivity index (χ3v) is 11.5. The molecule has 0 aliphatic carbocycles. The molecule has 0 spiro atoms. The third kappa shape index (κ3) is 3.96. The molecule has 4 aromatic carbocycles. The lowest BCUT2D eigenvalue weighted by Crippen LogP contribution is -2.30. The summed E-state index contributed by atoms with van der Waals surface area (Å²) in [6, 6.07) is 40.6. The van der Waals surface area contributed by atoms with Gasteiger partial charge in [0.05, 0.1) is 0 Å². The fraction of sp³-hybridized carbons (Fsp3) is 0. The van der Waals surface area contributed by atoms with Crippen LogP contribution in [-0.4, -0.2) is 0 Å². The minimum atomic E-state index is -2.58. The van der Waals surface area contributed by atoms with Crippen molar-refractivity contribution >= 4 is 36.0 Å². The molecular weight excluding hydrogens is 392 g/mol. The fourth-order valence-corrected chi connectivity index (χ4v) is 9.88. The van der Waals surface area contributed by atoms with Gasteiger partial charge in [-0.15, -0.1) is 0 Å². The summed E-state index contributed by atoms with van der Waals surface area (Å²) in [6.45, 7) is 0. The zero-order valence-corrected chi connectivity index (χ0v) is 17.8. The molecule has 4 aromatic rings. The Bertz CT molecular complexity index is 1030. The summed E-state index contributed by atoms with van der Waals surface area (Å²) in [4.78, 5) is 0. The molecule has 0 bridgehead atoms. The van der Waals surface area contributed by atoms with Gasteiger partial charge in [0.2, 0.25) is 0 Å². The van der Waals surface area contributed by atoms with Crippen LogP contribution in [0.5, 0.6) is 0 Å². The molecule has 0 aromatic heterocycles. The molecule has 29 heavy (non-hydrogen) atoms. The van der Waals surface area contributed by atoms with E-state index >= 15 is 0 Å². The molecule has 0 fully saturated rings. The van der Waals surface area contributed by atoms with Crippen molar-refractivity contribution in [3.63, 3.8) is 0 Å². The van der Waals surface area contributed by atoms with Crippen molar-refractivity contribution < 1.29 is 0 Å². The summed E-state index contributed by atoms with van der Waals surface area (Å²) >= 11 is 0. The summed E-state index contributed by atoms with van der Waals surface area (Å²) in [5, 5.41) is 4.08. The molecule has 5 heteroatoms. The van der Waals surface area contributed by atoms with Gasteiger partial charge in [-0.05, 0) is 24.3 Å². The van der Waals surface area contributed by atoms with Crippen molar-refractivity contribution in [1.82, 2.24) is 0 Å². The van der Waals surface area contributed by atoms with E-state index in [0.717, 1.165) is 21.2 Å². The zero-order valence-electron chi connectivity index (χ0n) is 16.0. The maximum atomic E-state index is 7.19. The Hall–Kier alpha value is -2.54. The maximum absolute atomic E-state index is 7.19. The molecule has 0 heterocycles. The Morgan fingerprint density at radius 3 is 1.17 bits per heavy atom. The summed E-state index contributed by atoms with van der Waals surface area (Å²) in [5.74, 6) is 0. The molecule has 0 saturated heterocycles. The van der Waals surface area contributed by atoms with E-state index in [1.165, 1.54) is 0 Å². The molecule has 4 rings (SSSR count). The van der Waals surface area contributed by atoms with Gasteiger partial charge in [-0.25, -0.2) is 0 Å². The molecule has 4 N–H and O–H groups in total. The average molecular weight is 416 g/mol.